The summed E-state index contributed by atoms with van der Waals surface area (Å²) in [7, 11) is 3.05. The van der Waals surface area contributed by atoms with Gasteiger partial charge in [0.1, 0.15) is 0 Å². The summed E-state index contributed by atoms with van der Waals surface area (Å²) in [6.07, 6.45) is 2.92. The lowest BCUT2D eigenvalue weighted by atomic mass is 10.2. The number of carbonyl (C=O) groups excluding carboxylic acids is 2. The largest absolute Gasteiger partial charge is 0.493 e. The summed E-state index contributed by atoms with van der Waals surface area (Å²) in [6, 6.07) is 5.35. The van der Waals surface area contributed by atoms with Crippen molar-refractivity contribution in [2.24, 2.45) is 0 Å². The quantitative estimate of drug-likeness (QED) is 0.511. The highest BCUT2D eigenvalue weighted by molar-refractivity contribution is 5.83. The number of methoxy groups -OCH3 is 2. The number of ether oxygens (including phenoxy) is 4. The molecular weight excluding hydrogens is 326 g/mol. The molecule has 1 rings (SSSR count). The van der Waals surface area contributed by atoms with Crippen molar-refractivity contribution in [2.75, 3.05) is 34.0 Å². The van der Waals surface area contributed by atoms with Crippen molar-refractivity contribution in [3.63, 3.8) is 0 Å². The number of esters is 1. The van der Waals surface area contributed by atoms with Crippen LogP contribution < -0.4 is 14.8 Å². The molecule has 0 aromatic heterocycles. The fourth-order valence-electron chi connectivity index (χ4n) is 1.94. The van der Waals surface area contributed by atoms with Crippen molar-refractivity contribution in [1.29, 1.82) is 0 Å². The lowest BCUT2D eigenvalue weighted by molar-refractivity contribution is -0.156. The first-order valence-electron chi connectivity index (χ1n) is 7.91. The van der Waals surface area contributed by atoms with Crippen molar-refractivity contribution >= 4 is 18.0 Å². The van der Waals surface area contributed by atoms with E-state index in [0.717, 1.165) is 5.56 Å². The van der Waals surface area contributed by atoms with E-state index >= 15 is 0 Å². The van der Waals surface area contributed by atoms with Crippen molar-refractivity contribution in [3.05, 3.63) is 29.8 Å². The van der Waals surface area contributed by atoms with E-state index in [1.54, 1.807) is 12.1 Å². The van der Waals surface area contributed by atoms with E-state index in [4.69, 9.17) is 18.9 Å². The Kier molecular flexibility index (Phi) is 9.10. The maximum absolute atomic E-state index is 11.8. The minimum Gasteiger partial charge on any atom is -0.493 e. The topological polar surface area (TPSA) is 83.1 Å². The predicted molar refractivity (Wildman–Crippen MR) is 93.6 cm³/mol. The molecule has 0 bridgehead atoms. The van der Waals surface area contributed by atoms with Crippen LogP contribution in [0.4, 0.5) is 0 Å². The van der Waals surface area contributed by atoms with E-state index < -0.39 is 18.0 Å². The van der Waals surface area contributed by atoms with E-state index in [0.29, 0.717) is 24.7 Å². The number of carbonyl (C=O) groups is 2. The van der Waals surface area contributed by atoms with Gasteiger partial charge in [0.2, 0.25) is 0 Å². The molecule has 0 heterocycles. The maximum atomic E-state index is 11.8. The zero-order valence-corrected chi connectivity index (χ0v) is 15.0. The van der Waals surface area contributed by atoms with Crippen LogP contribution >= 0.6 is 0 Å². The first-order chi connectivity index (χ1) is 12.0. The summed E-state index contributed by atoms with van der Waals surface area (Å²) in [5.41, 5.74) is 0.954. The number of rotatable bonds is 10. The third kappa shape index (κ3) is 7.26. The number of nitrogens with one attached hydrogen (secondary N) is 1. The minimum absolute atomic E-state index is 0.324. The second-order valence-corrected chi connectivity index (χ2v) is 5.11. The number of amides is 1. The standard InChI is InChI=1S/C18H25NO6/c1-5-6-14-7-8-15(16(11-14)23-4)24-12-17(20)25-13(2)18(21)19-9-10-22-3/h5-8,11,13H,9-10,12H2,1-4H3,(H,19,21)/b6-5+/t13-/m0/s1. The van der Waals surface area contributed by atoms with Gasteiger partial charge in [-0.05, 0) is 31.5 Å². The van der Waals surface area contributed by atoms with E-state index in [9.17, 15) is 9.59 Å². The Balaban J connectivity index is 2.51. The van der Waals surface area contributed by atoms with Gasteiger partial charge in [-0.25, -0.2) is 4.79 Å². The summed E-state index contributed by atoms with van der Waals surface area (Å²) in [6.45, 7) is 3.82. The van der Waals surface area contributed by atoms with Crippen LogP contribution in [-0.4, -0.2) is 52.0 Å². The van der Waals surface area contributed by atoms with Gasteiger partial charge in [0.05, 0.1) is 13.7 Å². The van der Waals surface area contributed by atoms with Gasteiger partial charge in [-0.3, -0.25) is 4.79 Å². The van der Waals surface area contributed by atoms with Crippen molar-refractivity contribution in [3.8, 4) is 11.5 Å². The van der Waals surface area contributed by atoms with Gasteiger partial charge in [-0.2, -0.15) is 0 Å². The first kappa shape index (κ1) is 20.5. The summed E-state index contributed by atoms with van der Waals surface area (Å²) in [5, 5.41) is 2.59. The normalized spacial score (nSPS) is 11.8. The molecule has 0 aliphatic rings. The number of benzene rings is 1. The highest BCUT2D eigenvalue weighted by Gasteiger charge is 2.18. The second-order valence-electron chi connectivity index (χ2n) is 5.11. The Bertz CT molecular complexity index is 599. The van der Waals surface area contributed by atoms with Crippen molar-refractivity contribution < 1.29 is 28.5 Å². The molecule has 0 fully saturated rings. The molecule has 1 aromatic carbocycles. The Hall–Kier alpha value is -2.54. The first-order valence-corrected chi connectivity index (χ1v) is 7.91. The molecule has 1 amide bonds. The highest BCUT2D eigenvalue weighted by atomic mass is 16.6. The lowest BCUT2D eigenvalue weighted by Crippen LogP contribution is -2.38. The zero-order chi connectivity index (χ0) is 18.7. The van der Waals surface area contributed by atoms with Crippen LogP contribution in [0, 0.1) is 0 Å². The van der Waals surface area contributed by atoms with E-state index in [1.165, 1.54) is 21.1 Å². The average molecular weight is 351 g/mol. The summed E-state index contributed by atoms with van der Waals surface area (Å²) >= 11 is 0. The third-order valence-corrected chi connectivity index (χ3v) is 3.18. The molecule has 7 nitrogen and oxygen atoms in total. The Morgan fingerprint density at radius 3 is 2.64 bits per heavy atom. The lowest BCUT2D eigenvalue weighted by Gasteiger charge is -2.14. The summed E-state index contributed by atoms with van der Waals surface area (Å²) in [4.78, 5) is 23.5. The molecule has 0 unspecified atom stereocenters. The molecule has 1 aromatic rings. The average Bonchev–Trinajstić information content (AvgIpc) is 2.60. The molecule has 25 heavy (non-hydrogen) atoms. The van der Waals surface area contributed by atoms with Gasteiger partial charge in [0.15, 0.2) is 24.2 Å². The maximum Gasteiger partial charge on any atom is 0.344 e. The fraction of sp³-hybridized carbons (Fsp3) is 0.444. The molecule has 7 heteroatoms. The summed E-state index contributed by atoms with van der Waals surface area (Å²) < 4.78 is 20.5. The van der Waals surface area contributed by atoms with Gasteiger partial charge in [0, 0.05) is 13.7 Å². The van der Waals surface area contributed by atoms with Gasteiger partial charge in [0.25, 0.3) is 5.91 Å². The van der Waals surface area contributed by atoms with Crippen LogP contribution in [0.5, 0.6) is 11.5 Å². The van der Waals surface area contributed by atoms with Crippen LogP contribution in [-0.2, 0) is 19.1 Å². The van der Waals surface area contributed by atoms with Gasteiger partial charge in [-0.1, -0.05) is 18.2 Å². The third-order valence-electron chi connectivity index (χ3n) is 3.18. The molecule has 0 aliphatic heterocycles. The molecule has 0 saturated carbocycles. The van der Waals surface area contributed by atoms with Crippen LogP contribution in [0.1, 0.15) is 19.4 Å². The molecule has 1 N–H and O–H groups in total. The van der Waals surface area contributed by atoms with E-state index in [2.05, 4.69) is 5.32 Å². The Labute approximate surface area is 147 Å². The predicted octanol–water partition coefficient (Wildman–Crippen LogP) is 1.80. The molecule has 0 radical (unpaired) electrons. The molecular formula is C18H25NO6. The van der Waals surface area contributed by atoms with Crippen LogP contribution in [0.3, 0.4) is 0 Å². The minimum atomic E-state index is -0.910. The Morgan fingerprint density at radius 1 is 1.24 bits per heavy atom. The summed E-state index contributed by atoms with van der Waals surface area (Å²) in [5.74, 6) is -0.105. The van der Waals surface area contributed by atoms with Crippen LogP contribution in [0.15, 0.2) is 24.3 Å². The molecule has 0 saturated heterocycles. The molecule has 0 aliphatic carbocycles. The zero-order valence-electron chi connectivity index (χ0n) is 15.0. The van der Waals surface area contributed by atoms with Gasteiger partial charge in [-0.15, -0.1) is 0 Å². The van der Waals surface area contributed by atoms with Gasteiger partial charge >= 0.3 is 5.97 Å². The molecule has 0 spiro atoms. The van der Waals surface area contributed by atoms with E-state index in [1.807, 2.05) is 25.1 Å². The highest BCUT2D eigenvalue weighted by Crippen LogP contribution is 2.28. The molecule has 138 valence electrons. The number of hydrogen-bond acceptors (Lipinski definition) is 6. The van der Waals surface area contributed by atoms with Gasteiger partial charge < -0.3 is 24.3 Å². The fourth-order valence-corrected chi connectivity index (χ4v) is 1.94. The number of allylic oxidation sites excluding steroid dienone is 1. The second kappa shape index (κ2) is 11.1. The van der Waals surface area contributed by atoms with Crippen molar-refractivity contribution in [2.45, 2.75) is 20.0 Å². The monoisotopic (exact) mass is 351 g/mol. The van der Waals surface area contributed by atoms with Crippen LogP contribution in [0.2, 0.25) is 0 Å². The van der Waals surface area contributed by atoms with Crippen LogP contribution in [0.25, 0.3) is 6.08 Å². The van der Waals surface area contributed by atoms with E-state index in [-0.39, 0.29) is 6.61 Å². The number of hydrogen-bond donors (Lipinski definition) is 1. The smallest absolute Gasteiger partial charge is 0.344 e. The Morgan fingerprint density at radius 2 is 2.00 bits per heavy atom. The van der Waals surface area contributed by atoms with Crippen molar-refractivity contribution in [1.82, 2.24) is 5.32 Å². The molecule has 1 atom stereocenters. The SMILES string of the molecule is C/C=C/c1ccc(OCC(=O)O[C@@H](C)C(=O)NCCOC)c(OC)c1.